The largest absolute Gasteiger partial charge is 0.308 e. The van der Waals surface area contributed by atoms with E-state index in [1.54, 1.807) is 0 Å². The Bertz CT molecular complexity index is 421. The summed E-state index contributed by atoms with van der Waals surface area (Å²) in [5.74, 6) is 5.72. The molecule has 0 atom stereocenters. The van der Waals surface area contributed by atoms with E-state index in [1.165, 1.54) is 36.7 Å². The average molecular weight is 254 g/mol. The Hall–Kier alpha value is -1.34. The van der Waals surface area contributed by atoms with Crippen molar-refractivity contribution in [2.45, 2.75) is 36.0 Å². The maximum atomic E-state index is 10.9. The summed E-state index contributed by atoms with van der Waals surface area (Å²) in [6.07, 6.45) is 4.59. The zero-order chi connectivity index (χ0) is 12.3. The van der Waals surface area contributed by atoms with Crippen LogP contribution in [0.3, 0.4) is 0 Å². The summed E-state index contributed by atoms with van der Waals surface area (Å²) in [7, 11) is 0. The predicted molar refractivity (Wildman–Crippen MR) is 66.8 cm³/mol. The number of pyridine rings is 1. The fourth-order valence-corrected chi connectivity index (χ4v) is 3.20. The molecule has 3 N–H and O–H groups in total. The lowest BCUT2D eigenvalue weighted by atomic mass is 10.4. The molecule has 0 saturated heterocycles. The van der Waals surface area contributed by atoms with Crippen molar-refractivity contribution < 1.29 is 4.92 Å². The van der Waals surface area contributed by atoms with Gasteiger partial charge in [-0.15, -0.1) is 0 Å². The topological polar surface area (TPSA) is 94.1 Å². The van der Waals surface area contributed by atoms with Gasteiger partial charge < -0.3 is 5.43 Å². The zero-order valence-corrected chi connectivity index (χ0v) is 10.1. The van der Waals surface area contributed by atoms with Crippen molar-refractivity contribution in [1.82, 2.24) is 4.98 Å². The first-order chi connectivity index (χ1) is 8.20. The summed E-state index contributed by atoms with van der Waals surface area (Å²) in [5, 5.41) is 11.8. The molecule has 0 aliphatic heterocycles. The highest BCUT2D eigenvalue weighted by Gasteiger charge is 2.23. The molecular weight excluding hydrogens is 240 g/mol. The third-order valence-electron chi connectivity index (χ3n) is 2.77. The van der Waals surface area contributed by atoms with Gasteiger partial charge in [0.25, 0.3) is 0 Å². The molecule has 1 aliphatic carbocycles. The van der Waals surface area contributed by atoms with Crippen LogP contribution in [0.25, 0.3) is 0 Å². The van der Waals surface area contributed by atoms with Crippen LogP contribution in [0.4, 0.5) is 11.5 Å². The number of rotatable bonds is 4. The van der Waals surface area contributed by atoms with Crippen LogP contribution in [-0.2, 0) is 0 Å². The summed E-state index contributed by atoms with van der Waals surface area (Å²) in [6, 6.07) is 2.95. The number of aromatic nitrogens is 1. The first-order valence-corrected chi connectivity index (χ1v) is 6.37. The van der Waals surface area contributed by atoms with Crippen molar-refractivity contribution in [2.75, 3.05) is 5.43 Å². The van der Waals surface area contributed by atoms with E-state index >= 15 is 0 Å². The molecule has 1 saturated carbocycles. The van der Waals surface area contributed by atoms with E-state index in [4.69, 9.17) is 5.84 Å². The van der Waals surface area contributed by atoms with Crippen molar-refractivity contribution >= 4 is 23.3 Å². The molecule has 1 heterocycles. The summed E-state index contributed by atoms with van der Waals surface area (Å²) in [4.78, 5) is 14.7. The van der Waals surface area contributed by atoms with Crippen LogP contribution in [0, 0.1) is 10.1 Å². The highest BCUT2D eigenvalue weighted by Crippen LogP contribution is 2.38. The van der Waals surface area contributed by atoms with Crippen LogP contribution >= 0.6 is 11.8 Å². The Morgan fingerprint density at radius 3 is 2.76 bits per heavy atom. The number of hydrazine groups is 1. The van der Waals surface area contributed by atoms with Gasteiger partial charge in [-0.05, 0) is 18.9 Å². The monoisotopic (exact) mass is 254 g/mol. The molecule has 6 nitrogen and oxygen atoms in total. The first kappa shape index (κ1) is 12.1. The number of anilines is 1. The predicted octanol–water partition coefficient (Wildman–Crippen LogP) is 2.31. The third kappa shape index (κ3) is 2.86. The molecule has 0 aromatic carbocycles. The SMILES string of the molecule is NNc1ccc([N+](=O)[O-])c(SC2CCCC2)n1. The Kier molecular flexibility index (Phi) is 3.80. The van der Waals surface area contributed by atoms with E-state index in [0.29, 0.717) is 16.1 Å². The van der Waals surface area contributed by atoms with Gasteiger partial charge in [-0.2, -0.15) is 0 Å². The van der Waals surface area contributed by atoms with Gasteiger partial charge >= 0.3 is 5.69 Å². The summed E-state index contributed by atoms with van der Waals surface area (Å²) in [6.45, 7) is 0. The van der Waals surface area contributed by atoms with Crippen LogP contribution in [0.5, 0.6) is 0 Å². The summed E-state index contributed by atoms with van der Waals surface area (Å²) < 4.78 is 0. The van der Waals surface area contributed by atoms with E-state index in [9.17, 15) is 10.1 Å². The third-order valence-corrected chi connectivity index (χ3v) is 4.09. The molecule has 2 rings (SSSR count). The minimum atomic E-state index is -0.398. The first-order valence-electron chi connectivity index (χ1n) is 5.49. The smallest absolute Gasteiger partial charge is 0.301 e. The number of hydrogen-bond donors (Lipinski definition) is 2. The van der Waals surface area contributed by atoms with E-state index in [-0.39, 0.29) is 5.69 Å². The lowest BCUT2D eigenvalue weighted by Crippen LogP contribution is -2.09. The number of nitrogens with zero attached hydrogens (tertiary/aromatic N) is 2. The van der Waals surface area contributed by atoms with Gasteiger partial charge in [-0.3, -0.25) is 10.1 Å². The van der Waals surface area contributed by atoms with E-state index in [0.717, 1.165) is 12.8 Å². The van der Waals surface area contributed by atoms with Crippen molar-refractivity contribution in [1.29, 1.82) is 0 Å². The second kappa shape index (κ2) is 5.33. The minimum absolute atomic E-state index is 0.0564. The molecule has 1 aliphatic rings. The van der Waals surface area contributed by atoms with Gasteiger partial charge in [-0.1, -0.05) is 24.6 Å². The molecule has 1 fully saturated rings. The van der Waals surface area contributed by atoms with E-state index in [2.05, 4.69) is 10.4 Å². The second-order valence-electron chi connectivity index (χ2n) is 3.95. The molecule has 92 valence electrons. The second-order valence-corrected chi connectivity index (χ2v) is 5.24. The Labute approximate surface area is 103 Å². The molecule has 0 radical (unpaired) electrons. The number of thioether (sulfide) groups is 1. The van der Waals surface area contributed by atoms with Crippen LogP contribution in [0.1, 0.15) is 25.7 Å². The average Bonchev–Trinajstić information content (AvgIpc) is 2.81. The maximum absolute atomic E-state index is 10.9. The fourth-order valence-electron chi connectivity index (χ4n) is 1.90. The number of nitrogen functional groups attached to an aromatic ring is 1. The van der Waals surface area contributed by atoms with Crippen LogP contribution in [-0.4, -0.2) is 15.2 Å². The van der Waals surface area contributed by atoms with Crippen molar-refractivity contribution in [2.24, 2.45) is 5.84 Å². The Balaban J connectivity index is 2.24. The normalized spacial score (nSPS) is 16.1. The van der Waals surface area contributed by atoms with Crippen LogP contribution < -0.4 is 11.3 Å². The summed E-state index contributed by atoms with van der Waals surface area (Å²) >= 11 is 1.49. The Morgan fingerprint density at radius 2 is 2.18 bits per heavy atom. The minimum Gasteiger partial charge on any atom is -0.308 e. The van der Waals surface area contributed by atoms with Crippen molar-refractivity contribution in [3.8, 4) is 0 Å². The molecule has 0 amide bonds. The van der Waals surface area contributed by atoms with Gasteiger partial charge in [0.05, 0.1) is 4.92 Å². The number of hydrogen-bond acceptors (Lipinski definition) is 6. The quantitative estimate of drug-likeness (QED) is 0.486. The molecule has 0 spiro atoms. The van der Waals surface area contributed by atoms with Gasteiger partial charge in [0, 0.05) is 11.3 Å². The Morgan fingerprint density at radius 1 is 1.47 bits per heavy atom. The molecule has 1 aromatic heterocycles. The van der Waals surface area contributed by atoms with Crippen molar-refractivity contribution in [3.05, 3.63) is 22.2 Å². The highest BCUT2D eigenvalue weighted by molar-refractivity contribution is 8.00. The standard InChI is InChI=1S/C10H14N4O2S/c11-13-9-6-5-8(14(15)16)10(12-9)17-7-3-1-2-4-7/h5-7H,1-4,11H2,(H,12,13). The lowest BCUT2D eigenvalue weighted by Gasteiger charge is -2.09. The lowest BCUT2D eigenvalue weighted by molar-refractivity contribution is -0.388. The van der Waals surface area contributed by atoms with Crippen LogP contribution in [0.2, 0.25) is 0 Å². The molecule has 0 bridgehead atoms. The number of nitrogens with one attached hydrogen (secondary N) is 1. The fraction of sp³-hybridized carbons (Fsp3) is 0.500. The van der Waals surface area contributed by atoms with Crippen molar-refractivity contribution in [3.63, 3.8) is 0 Å². The zero-order valence-electron chi connectivity index (χ0n) is 9.26. The highest BCUT2D eigenvalue weighted by atomic mass is 32.2. The molecule has 17 heavy (non-hydrogen) atoms. The molecule has 1 aromatic rings. The molecule has 7 heteroatoms. The van der Waals surface area contributed by atoms with Gasteiger partial charge in [0.1, 0.15) is 5.82 Å². The number of nitrogens with two attached hydrogens (primary N) is 1. The van der Waals surface area contributed by atoms with Gasteiger partial charge in [-0.25, -0.2) is 10.8 Å². The van der Waals surface area contributed by atoms with Crippen LogP contribution in [0.15, 0.2) is 17.2 Å². The molecular formula is C10H14N4O2S. The van der Waals surface area contributed by atoms with E-state index in [1.807, 2.05) is 0 Å². The number of nitro groups is 1. The summed E-state index contributed by atoms with van der Waals surface area (Å²) in [5.41, 5.74) is 2.47. The van der Waals surface area contributed by atoms with Gasteiger partial charge in [0.15, 0.2) is 5.03 Å². The molecule has 0 unspecified atom stereocenters. The maximum Gasteiger partial charge on any atom is 0.301 e. The van der Waals surface area contributed by atoms with Gasteiger partial charge in [0.2, 0.25) is 0 Å². The van der Waals surface area contributed by atoms with E-state index < -0.39 is 4.92 Å².